The minimum Gasteiger partial charge on any atom is -0.366 e. The van der Waals surface area contributed by atoms with E-state index in [1.165, 1.54) is 202 Å². The molecule has 0 saturated heterocycles. The van der Waals surface area contributed by atoms with Crippen LogP contribution in [0.2, 0.25) is 0 Å². The summed E-state index contributed by atoms with van der Waals surface area (Å²) >= 11 is 0. The predicted molar refractivity (Wildman–Crippen MR) is 274 cm³/mol. The van der Waals surface area contributed by atoms with Crippen LogP contribution in [0.15, 0.2) is 109 Å². The average molecular weight is 867 g/mol. The molecule has 2 atom stereocenters. The van der Waals surface area contributed by atoms with Crippen LogP contribution >= 0.6 is 0 Å². The van der Waals surface area contributed by atoms with Gasteiger partial charge >= 0.3 is 0 Å². The first-order valence-corrected chi connectivity index (χ1v) is 27.2. The molecule has 2 heteroatoms. The van der Waals surface area contributed by atoms with Crippen molar-refractivity contribution in [3.8, 4) is 0 Å². The van der Waals surface area contributed by atoms with E-state index >= 15 is 0 Å². The molecule has 2 nitrogen and oxygen atoms in total. The molecule has 2 saturated carbocycles. The molecular formula is C62H90O2. The van der Waals surface area contributed by atoms with Gasteiger partial charge in [-0.15, -0.1) is 0 Å². The first-order valence-electron chi connectivity index (χ1n) is 27.2. The Hall–Kier alpha value is -3.20. The largest absolute Gasteiger partial charge is 0.366 e. The smallest absolute Gasteiger partial charge is 0.113 e. The fourth-order valence-corrected chi connectivity index (χ4v) is 11.2. The standard InChI is InChI=1S/C62H90O2/c1-3-5-7-9-13-23-51-33-37-53(38-34-51)25-19-21-27-55-41-45-57(46-42-55)49-63-61(59-29-15-11-16-30-59)62(60-31-17-12-18-32-60)64-50-58-47-43-56(44-48-58)28-22-20-26-54-39-35-52(36-40-54)24-14-10-8-6-4-2/h11-12,15-18,29-32,41-48,51-54,61-62H,3-10,13-14,19-28,33-40,49-50H2,1-2H3. The van der Waals surface area contributed by atoms with Crippen molar-refractivity contribution in [2.45, 2.75) is 219 Å². The van der Waals surface area contributed by atoms with Crippen molar-refractivity contribution in [1.29, 1.82) is 0 Å². The number of hydrogen-bond donors (Lipinski definition) is 0. The number of ether oxygens (including phenoxy) is 2. The highest BCUT2D eigenvalue weighted by Gasteiger charge is 2.27. The van der Waals surface area contributed by atoms with Gasteiger partial charge in [-0.2, -0.15) is 0 Å². The molecule has 2 aliphatic rings. The molecule has 0 bridgehead atoms. The van der Waals surface area contributed by atoms with Crippen molar-refractivity contribution < 1.29 is 9.47 Å². The third kappa shape index (κ3) is 18.6. The molecule has 4 aromatic rings. The molecule has 0 aromatic heterocycles. The van der Waals surface area contributed by atoms with E-state index in [9.17, 15) is 0 Å². The summed E-state index contributed by atoms with van der Waals surface area (Å²) in [4.78, 5) is 0. The Labute approximate surface area is 393 Å². The lowest BCUT2D eigenvalue weighted by atomic mass is 9.78. The molecule has 2 aliphatic carbocycles. The van der Waals surface area contributed by atoms with E-state index < -0.39 is 0 Å². The summed E-state index contributed by atoms with van der Waals surface area (Å²) in [5.41, 5.74) is 7.61. The second kappa shape index (κ2) is 30.2. The van der Waals surface area contributed by atoms with Gasteiger partial charge in [0.25, 0.3) is 0 Å². The van der Waals surface area contributed by atoms with Gasteiger partial charge in [0.15, 0.2) is 0 Å². The van der Waals surface area contributed by atoms with Gasteiger partial charge in [-0.1, -0.05) is 277 Å². The topological polar surface area (TPSA) is 18.5 Å². The number of hydrogen-bond acceptors (Lipinski definition) is 2. The van der Waals surface area contributed by atoms with Crippen LogP contribution in [0.25, 0.3) is 0 Å². The molecule has 2 unspecified atom stereocenters. The molecule has 0 radical (unpaired) electrons. The molecule has 4 aromatic carbocycles. The van der Waals surface area contributed by atoms with E-state index in [0.29, 0.717) is 13.2 Å². The fourth-order valence-electron chi connectivity index (χ4n) is 11.2. The van der Waals surface area contributed by atoms with Gasteiger partial charge in [0.1, 0.15) is 12.2 Å². The Morgan fingerprint density at radius 1 is 0.344 bits per heavy atom. The maximum atomic E-state index is 6.89. The highest BCUT2D eigenvalue weighted by molar-refractivity contribution is 5.27. The van der Waals surface area contributed by atoms with Crippen LogP contribution in [0.3, 0.4) is 0 Å². The van der Waals surface area contributed by atoms with Crippen molar-refractivity contribution in [1.82, 2.24) is 0 Å². The zero-order valence-electron chi connectivity index (χ0n) is 40.9. The summed E-state index contributed by atoms with van der Waals surface area (Å²) in [5, 5.41) is 0. The van der Waals surface area contributed by atoms with Crippen LogP contribution in [-0.2, 0) is 35.5 Å². The number of rotatable bonds is 31. The first kappa shape index (κ1) is 50.2. The van der Waals surface area contributed by atoms with Crippen molar-refractivity contribution in [2.24, 2.45) is 23.7 Å². The lowest BCUT2D eigenvalue weighted by molar-refractivity contribution is -0.0908. The van der Waals surface area contributed by atoms with Crippen LogP contribution in [0, 0.1) is 23.7 Å². The van der Waals surface area contributed by atoms with Crippen molar-refractivity contribution in [3.63, 3.8) is 0 Å². The minimum absolute atomic E-state index is 0.242. The van der Waals surface area contributed by atoms with Crippen LogP contribution in [0.5, 0.6) is 0 Å². The molecule has 0 N–H and O–H groups in total. The molecule has 0 aliphatic heterocycles. The van der Waals surface area contributed by atoms with Crippen molar-refractivity contribution in [3.05, 3.63) is 143 Å². The Morgan fingerprint density at radius 3 is 0.969 bits per heavy atom. The molecule has 0 amide bonds. The van der Waals surface area contributed by atoms with Gasteiger partial charge in [0.2, 0.25) is 0 Å². The van der Waals surface area contributed by atoms with Gasteiger partial charge in [0, 0.05) is 0 Å². The molecule has 0 heterocycles. The summed E-state index contributed by atoms with van der Waals surface area (Å²) in [7, 11) is 0. The predicted octanol–water partition coefficient (Wildman–Crippen LogP) is 18.7. The molecule has 350 valence electrons. The quantitative estimate of drug-likeness (QED) is 0.0469. The van der Waals surface area contributed by atoms with Crippen LogP contribution < -0.4 is 0 Å². The van der Waals surface area contributed by atoms with Gasteiger partial charge in [0.05, 0.1) is 13.2 Å². The highest BCUT2D eigenvalue weighted by Crippen LogP contribution is 2.38. The molecule has 64 heavy (non-hydrogen) atoms. The summed E-state index contributed by atoms with van der Waals surface area (Å²) < 4.78 is 13.8. The van der Waals surface area contributed by atoms with Gasteiger partial charge in [-0.3, -0.25) is 0 Å². The summed E-state index contributed by atoms with van der Waals surface area (Å²) in [6.45, 7) is 5.72. The average Bonchev–Trinajstić information content (AvgIpc) is 3.35. The third-order valence-corrected chi connectivity index (χ3v) is 15.5. The lowest BCUT2D eigenvalue weighted by Crippen LogP contribution is -2.18. The van der Waals surface area contributed by atoms with Gasteiger partial charge in [-0.05, 0) is 82.7 Å². The second-order valence-corrected chi connectivity index (χ2v) is 20.6. The monoisotopic (exact) mass is 867 g/mol. The van der Waals surface area contributed by atoms with Crippen LogP contribution in [0.4, 0.5) is 0 Å². The van der Waals surface area contributed by atoms with Gasteiger partial charge < -0.3 is 9.47 Å². The number of unbranched alkanes of at least 4 members (excludes halogenated alkanes) is 10. The zero-order valence-corrected chi connectivity index (χ0v) is 40.9. The summed E-state index contributed by atoms with van der Waals surface area (Å²) in [6, 6.07) is 39.8. The summed E-state index contributed by atoms with van der Waals surface area (Å²) in [6.07, 6.45) is 39.1. The van der Waals surface area contributed by atoms with E-state index in [2.05, 4.69) is 123 Å². The normalized spacial score (nSPS) is 20.0. The van der Waals surface area contributed by atoms with E-state index in [1.54, 1.807) is 0 Å². The SMILES string of the molecule is CCCCCCCC1CCC(CCCCc2ccc(COC(c3ccccc3)C(OCc3ccc(CCCCC4CCC(CCCCCCC)CC4)cc3)c3ccccc3)cc2)CC1. The third-order valence-electron chi connectivity index (χ3n) is 15.5. The van der Waals surface area contributed by atoms with Crippen LogP contribution in [-0.4, -0.2) is 0 Å². The zero-order chi connectivity index (χ0) is 44.3. The van der Waals surface area contributed by atoms with E-state index in [1.807, 2.05) is 0 Å². The molecule has 2 fully saturated rings. The van der Waals surface area contributed by atoms with E-state index in [4.69, 9.17) is 9.47 Å². The Bertz CT molecular complexity index is 1580. The Morgan fingerprint density at radius 2 is 0.641 bits per heavy atom. The Kier molecular flexibility index (Phi) is 23.7. The maximum absolute atomic E-state index is 6.89. The number of aryl methyl sites for hydroxylation is 2. The summed E-state index contributed by atoms with van der Waals surface area (Å²) in [5.74, 6) is 3.97. The lowest BCUT2D eigenvalue weighted by Gasteiger charge is -2.29. The number of benzene rings is 4. The van der Waals surface area contributed by atoms with Gasteiger partial charge in [-0.25, -0.2) is 0 Å². The second-order valence-electron chi connectivity index (χ2n) is 20.6. The first-order chi connectivity index (χ1) is 31.7. The van der Waals surface area contributed by atoms with E-state index in [-0.39, 0.29) is 12.2 Å². The molecule has 6 rings (SSSR count). The highest BCUT2D eigenvalue weighted by atomic mass is 16.5. The van der Waals surface area contributed by atoms with Crippen molar-refractivity contribution in [2.75, 3.05) is 0 Å². The van der Waals surface area contributed by atoms with Crippen LogP contribution in [0.1, 0.15) is 226 Å². The van der Waals surface area contributed by atoms with E-state index in [0.717, 1.165) is 34.8 Å². The molecule has 0 spiro atoms. The fraction of sp³-hybridized carbons (Fsp3) is 0.613. The van der Waals surface area contributed by atoms with Crippen molar-refractivity contribution >= 4 is 0 Å². The minimum atomic E-state index is -0.242. The maximum Gasteiger partial charge on any atom is 0.113 e. The molecular weight excluding hydrogens is 777 g/mol. The Balaban J connectivity index is 0.924.